The van der Waals surface area contributed by atoms with E-state index in [9.17, 15) is 0 Å². The normalized spacial score (nSPS) is 13.0. The van der Waals surface area contributed by atoms with Crippen LogP contribution in [0.4, 0.5) is 0 Å². The predicted molar refractivity (Wildman–Crippen MR) is 79.1 cm³/mol. The van der Waals surface area contributed by atoms with Gasteiger partial charge < -0.3 is 5.32 Å². The molecule has 0 spiro atoms. The molecule has 96 valence electrons. The summed E-state index contributed by atoms with van der Waals surface area (Å²) in [5.74, 6) is 0.827. The number of nitrogens with one attached hydrogen (secondary N) is 1. The fraction of sp³-hybridized carbons (Fsp3) is 0.600. The zero-order valence-corrected chi connectivity index (χ0v) is 12.8. The molecule has 1 aromatic carbocycles. The number of hydrogen-bond donors (Lipinski definition) is 1. The van der Waals surface area contributed by atoms with Gasteiger partial charge in [-0.2, -0.15) is 0 Å². The minimum atomic E-state index is 0.609. The van der Waals surface area contributed by atoms with Crippen LogP contribution >= 0.6 is 15.9 Å². The molecular weight excluding hydrogens is 274 g/mol. The minimum absolute atomic E-state index is 0.609. The van der Waals surface area contributed by atoms with Crippen molar-refractivity contribution in [3.05, 3.63) is 34.3 Å². The Morgan fingerprint density at radius 2 is 1.71 bits per heavy atom. The molecule has 0 amide bonds. The lowest BCUT2D eigenvalue weighted by Crippen LogP contribution is -2.25. The summed E-state index contributed by atoms with van der Waals surface area (Å²) in [5, 5.41) is 3.58. The molecule has 1 aromatic rings. The molecule has 0 saturated carbocycles. The fourth-order valence-electron chi connectivity index (χ4n) is 1.83. The Bertz CT molecular complexity index is 305. The lowest BCUT2D eigenvalue weighted by Gasteiger charge is -2.14. The number of hydrogen-bond acceptors (Lipinski definition) is 1. The van der Waals surface area contributed by atoms with Crippen molar-refractivity contribution < 1.29 is 0 Å². The topological polar surface area (TPSA) is 12.0 Å². The van der Waals surface area contributed by atoms with Crippen molar-refractivity contribution in [2.24, 2.45) is 5.92 Å². The molecule has 0 aromatic heterocycles. The van der Waals surface area contributed by atoms with Gasteiger partial charge in [0.2, 0.25) is 0 Å². The molecule has 0 saturated heterocycles. The second-order valence-corrected chi connectivity index (χ2v) is 6.15. The van der Waals surface area contributed by atoms with Crippen molar-refractivity contribution in [3.8, 4) is 0 Å². The zero-order valence-electron chi connectivity index (χ0n) is 11.2. The summed E-state index contributed by atoms with van der Waals surface area (Å²) in [5.41, 5.74) is 1.35. The lowest BCUT2D eigenvalue weighted by atomic mass is 10.0. The highest BCUT2D eigenvalue weighted by molar-refractivity contribution is 9.10. The number of halogens is 1. The molecule has 17 heavy (non-hydrogen) atoms. The standard InChI is InChI=1S/C15H24BrN/c1-12(2)5-4-6-13(3)17-11-14-7-9-15(16)10-8-14/h7-10,12-13,17H,4-6,11H2,1-3H3. The van der Waals surface area contributed by atoms with Gasteiger partial charge >= 0.3 is 0 Å². The molecule has 2 heteroatoms. The van der Waals surface area contributed by atoms with Crippen LogP contribution in [0.2, 0.25) is 0 Å². The molecule has 0 radical (unpaired) electrons. The van der Waals surface area contributed by atoms with Gasteiger partial charge in [-0.1, -0.05) is 54.8 Å². The third-order valence-corrected chi connectivity index (χ3v) is 3.52. The average molecular weight is 298 g/mol. The summed E-state index contributed by atoms with van der Waals surface area (Å²) in [6, 6.07) is 9.13. The van der Waals surface area contributed by atoms with E-state index >= 15 is 0 Å². The minimum Gasteiger partial charge on any atom is -0.310 e. The van der Waals surface area contributed by atoms with E-state index < -0.39 is 0 Å². The van der Waals surface area contributed by atoms with E-state index in [1.807, 2.05) is 0 Å². The van der Waals surface area contributed by atoms with Gasteiger partial charge in [-0.15, -0.1) is 0 Å². The van der Waals surface area contributed by atoms with Gasteiger partial charge in [0.1, 0.15) is 0 Å². The second kappa shape index (κ2) is 7.88. The van der Waals surface area contributed by atoms with Crippen molar-refractivity contribution in [1.29, 1.82) is 0 Å². The Balaban J connectivity index is 2.19. The van der Waals surface area contributed by atoms with E-state index in [0.29, 0.717) is 6.04 Å². The van der Waals surface area contributed by atoms with E-state index in [2.05, 4.69) is 66.3 Å². The van der Waals surface area contributed by atoms with E-state index in [1.165, 1.54) is 24.8 Å². The average Bonchev–Trinajstić information content (AvgIpc) is 2.28. The van der Waals surface area contributed by atoms with Crippen molar-refractivity contribution in [2.75, 3.05) is 0 Å². The van der Waals surface area contributed by atoms with Crippen LogP contribution in [0.3, 0.4) is 0 Å². The summed E-state index contributed by atoms with van der Waals surface area (Å²) in [6.07, 6.45) is 3.94. The molecule has 0 bridgehead atoms. The number of benzene rings is 1. The van der Waals surface area contributed by atoms with Crippen molar-refractivity contribution in [2.45, 2.75) is 52.6 Å². The zero-order chi connectivity index (χ0) is 12.7. The molecule has 1 rings (SSSR count). The van der Waals surface area contributed by atoms with Gasteiger partial charge in [0.25, 0.3) is 0 Å². The third-order valence-electron chi connectivity index (χ3n) is 2.99. The lowest BCUT2D eigenvalue weighted by molar-refractivity contribution is 0.457. The second-order valence-electron chi connectivity index (χ2n) is 5.23. The molecule has 0 fully saturated rings. The summed E-state index contributed by atoms with van der Waals surface area (Å²) >= 11 is 3.45. The molecular formula is C15H24BrN. The van der Waals surface area contributed by atoms with Crippen LogP contribution in [0.5, 0.6) is 0 Å². The van der Waals surface area contributed by atoms with Gasteiger partial charge in [-0.25, -0.2) is 0 Å². The molecule has 1 atom stereocenters. The van der Waals surface area contributed by atoms with E-state index in [-0.39, 0.29) is 0 Å². The summed E-state index contributed by atoms with van der Waals surface area (Å²) < 4.78 is 1.14. The Morgan fingerprint density at radius 1 is 1.06 bits per heavy atom. The molecule has 1 unspecified atom stereocenters. The quantitative estimate of drug-likeness (QED) is 0.765. The molecule has 1 N–H and O–H groups in total. The summed E-state index contributed by atoms with van der Waals surface area (Å²) in [4.78, 5) is 0. The molecule has 0 aliphatic rings. The summed E-state index contributed by atoms with van der Waals surface area (Å²) in [6.45, 7) is 7.83. The van der Waals surface area contributed by atoms with Crippen LogP contribution in [0.25, 0.3) is 0 Å². The smallest absolute Gasteiger partial charge is 0.0207 e. The maximum atomic E-state index is 3.58. The van der Waals surface area contributed by atoms with Gasteiger partial charge in [-0.3, -0.25) is 0 Å². The van der Waals surface area contributed by atoms with E-state index in [4.69, 9.17) is 0 Å². The van der Waals surface area contributed by atoms with Gasteiger partial charge in [0, 0.05) is 17.1 Å². The predicted octanol–water partition coefficient (Wildman–Crippen LogP) is 4.75. The maximum absolute atomic E-state index is 3.58. The molecule has 0 aliphatic carbocycles. The molecule has 0 aliphatic heterocycles. The van der Waals surface area contributed by atoms with E-state index in [1.54, 1.807) is 0 Å². The highest BCUT2D eigenvalue weighted by atomic mass is 79.9. The SMILES string of the molecule is CC(C)CCCC(C)NCc1ccc(Br)cc1. The Labute approximate surface area is 114 Å². The molecule has 0 heterocycles. The van der Waals surface area contributed by atoms with Crippen molar-refractivity contribution in [3.63, 3.8) is 0 Å². The number of rotatable bonds is 7. The monoisotopic (exact) mass is 297 g/mol. The first kappa shape index (κ1) is 14.7. The van der Waals surface area contributed by atoms with Gasteiger partial charge in [-0.05, 0) is 37.0 Å². The third kappa shape index (κ3) is 6.85. The van der Waals surface area contributed by atoms with Gasteiger partial charge in [0.05, 0.1) is 0 Å². The Kier molecular flexibility index (Phi) is 6.83. The van der Waals surface area contributed by atoms with Crippen LogP contribution in [-0.2, 0) is 6.54 Å². The highest BCUT2D eigenvalue weighted by Gasteiger charge is 2.02. The van der Waals surface area contributed by atoms with Crippen LogP contribution in [0, 0.1) is 5.92 Å². The first-order valence-electron chi connectivity index (χ1n) is 6.55. The first-order valence-corrected chi connectivity index (χ1v) is 7.35. The largest absolute Gasteiger partial charge is 0.310 e. The van der Waals surface area contributed by atoms with Crippen LogP contribution in [-0.4, -0.2) is 6.04 Å². The van der Waals surface area contributed by atoms with Crippen molar-refractivity contribution >= 4 is 15.9 Å². The van der Waals surface area contributed by atoms with E-state index in [0.717, 1.165) is 16.9 Å². The van der Waals surface area contributed by atoms with Gasteiger partial charge in [0.15, 0.2) is 0 Å². The Morgan fingerprint density at radius 3 is 2.29 bits per heavy atom. The van der Waals surface area contributed by atoms with Crippen LogP contribution in [0.1, 0.15) is 45.6 Å². The Hall–Kier alpha value is -0.340. The maximum Gasteiger partial charge on any atom is 0.0207 e. The van der Waals surface area contributed by atoms with Crippen LogP contribution < -0.4 is 5.32 Å². The molecule has 1 nitrogen and oxygen atoms in total. The summed E-state index contributed by atoms with van der Waals surface area (Å²) in [7, 11) is 0. The first-order chi connectivity index (χ1) is 8.08. The van der Waals surface area contributed by atoms with Crippen molar-refractivity contribution in [1.82, 2.24) is 5.32 Å². The van der Waals surface area contributed by atoms with Crippen LogP contribution in [0.15, 0.2) is 28.7 Å². The fourth-order valence-corrected chi connectivity index (χ4v) is 2.09. The highest BCUT2D eigenvalue weighted by Crippen LogP contribution is 2.11.